The van der Waals surface area contributed by atoms with Crippen LogP contribution in [0, 0.1) is 5.82 Å². The Bertz CT molecular complexity index is 1730. The van der Waals surface area contributed by atoms with Crippen molar-refractivity contribution in [3.05, 3.63) is 77.9 Å². The molecule has 5 rings (SSSR count). The molecule has 3 amide bonds. The standard InChI is InChI=1S/C31H32FN9O3/c1-34-17-21(16-33)23-15-26-24(14-25(23)32)29(41-10-12-44-13-11-41)39-28(37-26)20-6-9-27(35-18-20)38-31(43)36-22-7-4-19(5-8-22)30(42)40(2)3/h4-9,14-18H,10-13,33H2,1-3H3,(H2,35,36,38,43). The number of morpholine rings is 1. The van der Waals surface area contributed by atoms with Gasteiger partial charge in [0.15, 0.2) is 5.82 Å². The van der Waals surface area contributed by atoms with Crippen LogP contribution in [0.4, 0.5) is 26.5 Å². The highest BCUT2D eigenvalue weighted by atomic mass is 19.1. The van der Waals surface area contributed by atoms with Crippen molar-refractivity contribution in [2.24, 2.45) is 10.7 Å². The Morgan fingerprint density at radius 1 is 1.07 bits per heavy atom. The quantitative estimate of drug-likeness (QED) is 0.270. The van der Waals surface area contributed by atoms with Gasteiger partial charge in [0.05, 0.1) is 18.7 Å². The van der Waals surface area contributed by atoms with E-state index >= 15 is 4.39 Å². The molecule has 0 radical (unpaired) electrons. The van der Waals surface area contributed by atoms with Gasteiger partial charge in [-0.15, -0.1) is 0 Å². The van der Waals surface area contributed by atoms with E-state index in [2.05, 4.69) is 20.6 Å². The molecular weight excluding hydrogens is 565 g/mol. The normalized spacial score (nSPS) is 13.7. The van der Waals surface area contributed by atoms with Crippen LogP contribution in [0.5, 0.6) is 0 Å². The lowest BCUT2D eigenvalue weighted by Crippen LogP contribution is -2.37. The summed E-state index contributed by atoms with van der Waals surface area (Å²) in [4.78, 5) is 46.1. The van der Waals surface area contributed by atoms with E-state index < -0.39 is 11.8 Å². The Hall–Kier alpha value is -5.43. The first-order chi connectivity index (χ1) is 21.3. The Kier molecular flexibility index (Phi) is 9.05. The summed E-state index contributed by atoms with van der Waals surface area (Å²) < 4.78 is 20.8. The van der Waals surface area contributed by atoms with E-state index in [9.17, 15) is 9.59 Å². The van der Waals surface area contributed by atoms with Gasteiger partial charge >= 0.3 is 6.03 Å². The predicted molar refractivity (Wildman–Crippen MR) is 169 cm³/mol. The molecule has 1 aliphatic rings. The smallest absolute Gasteiger partial charge is 0.324 e. The zero-order valence-corrected chi connectivity index (χ0v) is 24.5. The lowest BCUT2D eigenvalue weighted by Gasteiger charge is -2.29. The number of pyridine rings is 1. The number of aromatic nitrogens is 3. The third-order valence-electron chi connectivity index (χ3n) is 6.89. The molecule has 3 heterocycles. The van der Waals surface area contributed by atoms with Crippen LogP contribution in [-0.2, 0) is 4.74 Å². The van der Waals surface area contributed by atoms with Crippen LogP contribution in [0.15, 0.2) is 65.9 Å². The molecule has 0 saturated carbocycles. The summed E-state index contributed by atoms with van der Waals surface area (Å²) in [5, 5.41) is 5.97. The van der Waals surface area contributed by atoms with Gasteiger partial charge in [-0.05, 0) is 48.5 Å². The minimum Gasteiger partial charge on any atom is -0.404 e. The van der Waals surface area contributed by atoms with Crippen LogP contribution < -0.4 is 21.3 Å². The van der Waals surface area contributed by atoms with Crippen LogP contribution in [0.1, 0.15) is 15.9 Å². The van der Waals surface area contributed by atoms with Gasteiger partial charge in [-0.1, -0.05) is 0 Å². The van der Waals surface area contributed by atoms with Crippen LogP contribution in [-0.4, -0.2) is 85.5 Å². The van der Waals surface area contributed by atoms with E-state index in [-0.39, 0.29) is 11.5 Å². The van der Waals surface area contributed by atoms with Gasteiger partial charge in [-0.3, -0.25) is 15.1 Å². The lowest BCUT2D eigenvalue weighted by atomic mass is 10.0. The number of nitrogens with two attached hydrogens (primary N) is 1. The number of hydrogen-bond acceptors (Lipinski definition) is 9. The van der Waals surface area contributed by atoms with E-state index in [0.717, 1.165) is 0 Å². The van der Waals surface area contributed by atoms with E-state index in [1.54, 1.807) is 69.8 Å². The fraction of sp³-hybridized carbons (Fsp3) is 0.226. The van der Waals surface area contributed by atoms with Crippen molar-refractivity contribution in [1.29, 1.82) is 0 Å². The van der Waals surface area contributed by atoms with Crippen molar-refractivity contribution >= 4 is 52.0 Å². The Labute approximate surface area is 253 Å². The maximum absolute atomic E-state index is 15.3. The maximum Gasteiger partial charge on any atom is 0.324 e. The number of anilines is 3. The number of ether oxygens (including phenoxy) is 1. The van der Waals surface area contributed by atoms with Crippen molar-refractivity contribution < 1.29 is 18.7 Å². The molecular formula is C31H32FN9O3. The summed E-state index contributed by atoms with van der Waals surface area (Å²) in [6.07, 6.45) is 4.35. The van der Waals surface area contributed by atoms with Crippen LogP contribution >= 0.6 is 0 Å². The third-order valence-corrected chi connectivity index (χ3v) is 6.89. The number of nitrogens with zero attached hydrogens (tertiary/aromatic N) is 6. The minimum atomic E-state index is -0.498. The largest absolute Gasteiger partial charge is 0.404 e. The molecule has 2 aromatic heterocycles. The molecule has 13 heteroatoms. The number of urea groups is 1. The molecule has 0 aliphatic carbocycles. The third kappa shape index (κ3) is 6.63. The van der Waals surface area contributed by atoms with Crippen molar-refractivity contribution in [1.82, 2.24) is 19.9 Å². The van der Waals surface area contributed by atoms with E-state index in [1.807, 2.05) is 4.90 Å². The number of fused-ring (bicyclic) bond motifs is 1. The van der Waals surface area contributed by atoms with Gasteiger partial charge in [0.2, 0.25) is 0 Å². The SMILES string of the molecule is CN=CC(=CN)c1cc2nc(-c3ccc(NC(=O)Nc4ccc(C(=O)N(C)C)cc4)nc3)nc(N3CCOCC3)c2cc1F. The monoisotopic (exact) mass is 597 g/mol. The fourth-order valence-corrected chi connectivity index (χ4v) is 4.67. The van der Waals surface area contributed by atoms with Crippen LogP contribution in [0.2, 0.25) is 0 Å². The van der Waals surface area contributed by atoms with Gasteiger partial charge < -0.3 is 25.6 Å². The highest BCUT2D eigenvalue weighted by Gasteiger charge is 2.21. The number of aliphatic imine (C=N–C) groups is 1. The van der Waals surface area contributed by atoms with Gasteiger partial charge in [0.1, 0.15) is 17.5 Å². The van der Waals surface area contributed by atoms with Gasteiger partial charge in [-0.25, -0.2) is 24.1 Å². The first-order valence-corrected chi connectivity index (χ1v) is 13.8. The number of nitrogens with one attached hydrogen (secondary N) is 2. The summed E-state index contributed by atoms with van der Waals surface area (Å²) in [6, 6.07) is 12.5. The van der Waals surface area contributed by atoms with Crippen LogP contribution in [0.25, 0.3) is 27.9 Å². The highest BCUT2D eigenvalue weighted by molar-refractivity contribution is 6.11. The first-order valence-electron chi connectivity index (χ1n) is 13.8. The molecule has 4 aromatic rings. The topological polar surface area (TPSA) is 151 Å². The molecule has 44 heavy (non-hydrogen) atoms. The van der Waals surface area contributed by atoms with E-state index in [0.29, 0.717) is 77.1 Å². The molecule has 1 fully saturated rings. The molecule has 2 aromatic carbocycles. The summed E-state index contributed by atoms with van der Waals surface area (Å²) in [5.74, 6) is 0.679. The zero-order valence-electron chi connectivity index (χ0n) is 24.5. The number of carbonyl (C=O) groups is 2. The number of halogens is 1. The minimum absolute atomic E-state index is 0.131. The summed E-state index contributed by atoms with van der Waals surface area (Å²) in [6.45, 7) is 2.24. The van der Waals surface area contributed by atoms with Gasteiger partial charge in [0, 0.05) is 86.2 Å². The Morgan fingerprint density at radius 2 is 1.82 bits per heavy atom. The summed E-state index contributed by atoms with van der Waals surface area (Å²) >= 11 is 0. The Morgan fingerprint density at radius 3 is 2.45 bits per heavy atom. The molecule has 1 aliphatic heterocycles. The molecule has 0 unspecified atom stereocenters. The predicted octanol–water partition coefficient (Wildman–Crippen LogP) is 4.01. The van der Waals surface area contributed by atoms with Crippen molar-refractivity contribution in [2.75, 3.05) is 63.0 Å². The first kappa shape index (κ1) is 30.0. The number of carbonyl (C=O) groups excluding carboxylic acids is 2. The highest BCUT2D eigenvalue weighted by Crippen LogP contribution is 2.32. The lowest BCUT2D eigenvalue weighted by molar-refractivity contribution is 0.0827. The van der Waals surface area contributed by atoms with E-state index in [1.165, 1.54) is 23.4 Å². The summed E-state index contributed by atoms with van der Waals surface area (Å²) in [7, 11) is 4.93. The molecule has 0 bridgehead atoms. The van der Waals surface area contributed by atoms with Crippen LogP contribution in [0.3, 0.4) is 0 Å². The number of benzene rings is 2. The zero-order chi connectivity index (χ0) is 31.2. The van der Waals surface area contributed by atoms with Gasteiger partial charge in [0.25, 0.3) is 5.91 Å². The van der Waals surface area contributed by atoms with E-state index in [4.69, 9.17) is 20.4 Å². The second-order valence-electron chi connectivity index (χ2n) is 10.1. The van der Waals surface area contributed by atoms with Crippen molar-refractivity contribution in [2.45, 2.75) is 0 Å². The number of amides is 3. The van der Waals surface area contributed by atoms with Gasteiger partial charge in [-0.2, -0.15) is 0 Å². The summed E-state index contributed by atoms with van der Waals surface area (Å²) in [5.41, 5.74) is 8.61. The number of rotatable bonds is 7. The molecule has 0 spiro atoms. The van der Waals surface area contributed by atoms with Crippen molar-refractivity contribution in [3.63, 3.8) is 0 Å². The molecule has 12 nitrogen and oxygen atoms in total. The Balaban J connectivity index is 1.40. The molecule has 226 valence electrons. The maximum atomic E-state index is 15.3. The van der Waals surface area contributed by atoms with Crippen molar-refractivity contribution in [3.8, 4) is 11.4 Å². The second-order valence-corrected chi connectivity index (χ2v) is 10.1. The number of hydrogen-bond donors (Lipinski definition) is 3. The molecule has 4 N–H and O–H groups in total. The fourth-order valence-electron chi connectivity index (χ4n) is 4.67. The average molecular weight is 598 g/mol. The second kappa shape index (κ2) is 13.3. The molecule has 1 saturated heterocycles. The molecule has 0 atom stereocenters. The number of allylic oxidation sites excluding steroid dienone is 1. The average Bonchev–Trinajstić information content (AvgIpc) is 3.03.